The van der Waals surface area contributed by atoms with Gasteiger partial charge >= 0.3 is 6.18 Å². The second-order valence-electron chi connectivity index (χ2n) is 7.79. The van der Waals surface area contributed by atoms with E-state index in [1.54, 1.807) is 0 Å². The molecule has 0 unspecified atom stereocenters. The topological polar surface area (TPSA) is 45.2 Å². The molecule has 1 amide bonds. The molecular weight excluding hydrogens is 403 g/mol. The van der Waals surface area contributed by atoms with Crippen molar-refractivity contribution in [1.82, 2.24) is 10.3 Å². The van der Waals surface area contributed by atoms with Crippen molar-refractivity contribution in [3.63, 3.8) is 0 Å². The summed E-state index contributed by atoms with van der Waals surface area (Å²) in [4.78, 5) is 17.9. The van der Waals surface area contributed by atoms with Crippen LogP contribution in [0, 0.1) is 5.92 Å². The summed E-state index contributed by atoms with van der Waals surface area (Å²) in [5.41, 5.74) is 0.877. The Morgan fingerprint density at radius 3 is 2.72 bits per heavy atom. The first-order valence-electron chi connectivity index (χ1n) is 9.61. The Balaban J connectivity index is 1.27. The van der Waals surface area contributed by atoms with Crippen molar-refractivity contribution in [2.75, 3.05) is 18.0 Å². The second kappa shape index (κ2) is 7.86. The van der Waals surface area contributed by atoms with Gasteiger partial charge in [-0.15, -0.1) is 0 Å². The SMILES string of the molecule is O=C(C[C@@H]1C[C@@H]1c1ccc(Cl)cc1)N[C@@H]1CCN(c2cncc(C(F)(F)F)c2)C1. The van der Waals surface area contributed by atoms with Gasteiger partial charge in [-0.1, -0.05) is 23.7 Å². The van der Waals surface area contributed by atoms with E-state index in [-0.39, 0.29) is 11.9 Å². The fraction of sp³-hybridized carbons (Fsp3) is 0.429. The van der Waals surface area contributed by atoms with Gasteiger partial charge in [0.1, 0.15) is 0 Å². The zero-order chi connectivity index (χ0) is 20.6. The Hall–Kier alpha value is -2.28. The molecule has 1 saturated heterocycles. The molecule has 2 aliphatic rings. The molecule has 2 heterocycles. The van der Waals surface area contributed by atoms with Crippen LogP contribution >= 0.6 is 11.6 Å². The predicted octanol–water partition coefficient (Wildman–Crippen LogP) is 4.64. The quantitative estimate of drug-likeness (QED) is 0.761. The molecule has 154 valence electrons. The largest absolute Gasteiger partial charge is 0.417 e. The first-order chi connectivity index (χ1) is 13.8. The molecule has 1 aliphatic carbocycles. The Morgan fingerprint density at radius 2 is 2.00 bits per heavy atom. The van der Waals surface area contributed by atoms with Crippen LogP contribution in [0.4, 0.5) is 18.9 Å². The number of amides is 1. The van der Waals surface area contributed by atoms with Gasteiger partial charge in [0.25, 0.3) is 0 Å². The molecule has 0 radical (unpaired) electrons. The van der Waals surface area contributed by atoms with Crippen LogP contribution in [0.15, 0.2) is 42.7 Å². The highest BCUT2D eigenvalue weighted by Gasteiger charge is 2.40. The summed E-state index contributed by atoms with van der Waals surface area (Å²) in [5.74, 6) is 0.733. The molecule has 3 atom stereocenters. The third kappa shape index (κ3) is 4.83. The summed E-state index contributed by atoms with van der Waals surface area (Å²) >= 11 is 5.91. The Kier molecular flexibility index (Phi) is 5.42. The maximum absolute atomic E-state index is 12.9. The van der Waals surface area contributed by atoms with Crippen LogP contribution in [0.25, 0.3) is 0 Å². The molecule has 2 aromatic rings. The molecule has 1 N–H and O–H groups in total. The van der Waals surface area contributed by atoms with Gasteiger partial charge in [0, 0.05) is 36.8 Å². The molecular formula is C21H21ClF3N3O. The van der Waals surface area contributed by atoms with Crippen LogP contribution in [0.3, 0.4) is 0 Å². The second-order valence-corrected chi connectivity index (χ2v) is 8.22. The number of anilines is 1. The number of nitrogens with one attached hydrogen (secondary N) is 1. The highest BCUT2D eigenvalue weighted by atomic mass is 35.5. The van der Waals surface area contributed by atoms with E-state index in [9.17, 15) is 18.0 Å². The van der Waals surface area contributed by atoms with Crippen molar-refractivity contribution in [3.05, 3.63) is 58.9 Å². The lowest BCUT2D eigenvalue weighted by atomic mass is 10.1. The van der Waals surface area contributed by atoms with Crippen molar-refractivity contribution < 1.29 is 18.0 Å². The zero-order valence-corrected chi connectivity index (χ0v) is 16.4. The number of halogens is 4. The van der Waals surface area contributed by atoms with E-state index in [1.165, 1.54) is 11.8 Å². The molecule has 1 aromatic carbocycles. The van der Waals surface area contributed by atoms with Gasteiger partial charge in [0.05, 0.1) is 17.4 Å². The summed E-state index contributed by atoms with van der Waals surface area (Å²) in [6.45, 7) is 1.07. The molecule has 29 heavy (non-hydrogen) atoms. The van der Waals surface area contributed by atoms with Crippen molar-refractivity contribution in [3.8, 4) is 0 Å². The van der Waals surface area contributed by atoms with Crippen molar-refractivity contribution in [1.29, 1.82) is 0 Å². The lowest BCUT2D eigenvalue weighted by Crippen LogP contribution is -2.37. The minimum absolute atomic E-state index is 0.000445. The number of carbonyl (C=O) groups is 1. The van der Waals surface area contributed by atoms with Crippen LogP contribution < -0.4 is 10.2 Å². The van der Waals surface area contributed by atoms with Gasteiger partial charge in [0.2, 0.25) is 5.91 Å². The Bertz CT molecular complexity index is 887. The molecule has 0 bridgehead atoms. The summed E-state index contributed by atoms with van der Waals surface area (Å²) in [6.07, 6.45) is -0.00289. The van der Waals surface area contributed by atoms with E-state index in [4.69, 9.17) is 11.6 Å². The zero-order valence-electron chi connectivity index (χ0n) is 15.6. The maximum atomic E-state index is 12.9. The van der Waals surface area contributed by atoms with E-state index in [0.29, 0.717) is 48.5 Å². The van der Waals surface area contributed by atoms with Crippen molar-refractivity contribution in [2.24, 2.45) is 5.92 Å². The molecule has 8 heteroatoms. The van der Waals surface area contributed by atoms with Gasteiger partial charge in [0.15, 0.2) is 0 Å². The van der Waals surface area contributed by atoms with E-state index in [2.05, 4.69) is 10.3 Å². The number of hydrogen-bond acceptors (Lipinski definition) is 3. The molecule has 1 aliphatic heterocycles. The van der Waals surface area contributed by atoms with E-state index in [1.807, 2.05) is 29.2 Å². The van der Waals surface area contributed by atoms with E-state index in [0.717, 1.165) is 18.7 Å². The Morgan fingerprint density at radius 1 is 1.24 bits per heavy atom. The first-order valence-corrected chi connectivity index (χ1v) is 9.99. The average Bonchev–Trinajstić information content (AvgIpc) is 3.27. The van der Waals surface area contributed by atoms with Crippen molar-refractivity contribution >= 4 is 23.2 Å². The number of nitrogens with zero attached hydrogens (tertiary/aromatic N) is 2. The summed E-state index contributed by atoms with van der Waals surface area (Å²) in [7, 11) is 0. The number of rotatable bonds is 5. The first kappa shape index (κ1) is 20.0. The minimum Gasteiger partial charge on any atom is -0.368 e. The van der Waals surface area contributed by atoms with Gasteiger partial charge in [-0.2, -0.15) is 13.2 Å². The molecule has 0 spiro atoms. The third-order valence-corrected chi connectivity index (χ3v) is 5.89. The van der Waals surface area contributed by atoms with Crippen LogP contribution in [-0.2, 0) is 11.0 Å². The van der Waals surface area contributed by atoms with Crippen LogP contribution in [0.1, 0.15) is 36.3 Å². The fourth-order valence-corrected chi connectivity index (χ4v) is 4.11. The van der Waals surface area contributed by atoms with E-state index < -0.39 is 11.7 Å². The lowest BCUT2D eigenvalue weighted by molar-refractivity contribution is -0.137. The van der Waals surface area contributed by atoms with Gasteiger partial charge < -0.3 is 10.2 Å². The van der Waals surface area contributed by atoms with Gasteiger partial charge in [-0.3, -0.25) is 9.78 Å². The highest BCUT2D eigenvalue weighted by Crippen LogP contribution is 2.49. The fourth-order valence-electron chi connectivity index (χ4n) is 3.98. The number of aromatic nitrogens is 1. The molecule has 2 fully saturated rings. The standard InChI is InChI=1S/C21H21ClF3N3O/c22-16-3-1-13(2-4-16)19-7-14(19)8-20(29)27-17-5-6-28(12-17)18-9-15(10-26-11-18)21(23,24)25/h1-4,9-11,14,17,19H,5-8,12H2,(H,27,29)/t14-,17+,19+/m0/s1. The predicted molar refractivity (Wildman–Crippen MR) is 105 cm³/mol. The summed E-state index contributed by atoms with van der Waals surface area (Å²) in [5, 5.41) is 3.73. The number of alkyl halides is 3. The summed E-state index contributed by atoms with van der Waals surface area (Å²) < 4.78 is 38.6. The van der Waals surface area contributed by atoms with Crippen molar-refractivity contribution in [2.45, 2.75) is 37.4 Å². The summed E-state index contributed by atoms with van der Waals surface area (Å²) in [6, 6.07) is 8.78. The Labute approximate surface area is 172 Å². The number of carbonyl (C=O) groups excluding carboxylic acids is 1. The van der Waals surface area contributed by atoms with Crippen LogP contribution in [0.5, 0.6) is 0 Å². The number of benzene rings is 1. The maximum Gasteiger partial charge on any atom is 0.417 e. The number of hydrogen-bond donors (Lipinski definition) is 1. The number of pyridine rings is 1. The van der Waals surface area contributed by atoms with Gasteiger partial charge in [-0.05, 0) is 48.4 Å². The van der Waals surface area contributed by atoms with E-state index >= 15 is 0 Å². The molecule has 1 saturated carbocycles. The molecule has 4 rings (SSSR count). The highest BCUT2D eigenvalue weighted by molar-refractivity contribution is 6.30. The third-order valence-electron chi connectivity index (χ3n) is 5.64. The van der Waals surface area contributed by atoms with Crippen LogP contribution in [-0.4, -0.2) is 30.0 Å². The monoisotopic (exact) mass is 423 g/mol. The lowest BCUT2D eigenvalue weighted by Gasteiger charge is -2.20. The minimum atomic E-state index is -4.42. The average molecular weight is 424 g/mol. The van der Waals surface area contributed by atoms with Crippen LogP contribution in [0.2, 0.25) is 5.02 Å². The molecule has 4 nitrogen and oxygen atoms in total. The normalized spacial score (nSPS) is 23.9. The molecule has 1 aromatic heterocycles. The van der Waals surface area contributed by atoms with Gasteiger partial charge in [-0.25, -0.2) is 0 Å². The smallest absolute Gasteiger partial charge is 0.368 e.